The van der Waals surface area contributed by atoms with Gasteiger partial charge in [0.15, 0.2) is 11.5 Å². The zero-order valence-corrected chi connectivity index (χ0v) is 8.88. The highest BCUT2D eigenvalue weighted by atomic mass is 15.3. The average molecular weight is 226 g/mol. The maximum absolute atomic E-state index is 5.33. The van der Waals surface area contributed by atoms with E-state index in [1.165, 1.54) is 0 Å². The molecule has 0 fully saturated rings. The Morgan fingerprint density at radius 2 is 2.00 bits per heavy atom. The average Bonchev–Trinajstić information content (AvgIpc) is 2.81. The van der Waals surface area contributed by atoms with Gasteiger partial charge in [-0.25, -0.2) is 15.8 Å². The summed E-state index contributed by atoms with van der Waals surface area (Å²) in [6.07, 6.45) is 1.70. The lowest BCUT2D eigenvalue weighted by atomic mass is 10.2. The molecule has 0 unspecified atom stereocenters. The van der Waals surface area contributed by atoms with Crippen molar-refractivity contribution in [3.05, 3.63) is 36.5 Å². The fraction of sp³-hybridized carbons (Fsp3) is 0. The second kappa shape index (κ2) is 3.84. The Bertz CT molecular complexity index is 645. The predicted molar refractivity (Wildman–Crippen MR) is 64.9 cm³/mol. The first kappa shape index (κ1) is 9.73. The van der Waals surface area contributed by atoms with Crippen LogP contribution in [0.5, 0.6) is 0 Å². The quantitative estimate of drug-likeness (QED) is 0.452. The Morgan fingerprint density at radius 1 is 1.18 bits per heavy atom. The van der Waals surface area contributed by atoms with Crippen molar-refractivity contribution in [3.63, 3.8) is 0 Å². The van der Waals surface area contributed by atoms with Gasteiger partial charge >= 0.3 is 0 Å². The van der Waals surface area contributed by atoms with Crippen molar-refractivity contribution in [2.75, 3.05) is 5.43 Å². The minimum absolute atomic E-state index is 0.590. The Labute approximate surface area is 96.9 Å². The number of aromatic nitrogens is 4. The number of hydrogen-bond donors (Lipinski definition) is 3. The van der Waals surface area contributed by atoms with Crippen LogP contribution in [0.15, 0.2) is 36.5 Å². The second-order valence-corrected chi connectivity index (χ2v) is 3.54. The van der Waals surface area contributed by atoms with Crippen LogP contribution in [0.3, 0.4) is 0 Å². The van der Waals surface area contributed by atoms with Crippen molar-refractivity contribution in [3.8, 4) is 11.4 Å². The van der Waals surface area contributed by atoms with Crippen LogP contribution >= 0.6 is 0 Å². The fourth-order valence-corrected chi connectivity index (χ4v) is 1.64. The van der Waals surface area contributed by atoms with Gasteiger partial charge in [0.05, 0.1) is 5.39 Å². The molecule has 0 aliphatic rings. The van der Waals surface area contributed by atoms with E-state index in [2.05, 4.69) is 25.6 Å². The highest BCUT2D eigenvalue weighted by Crippen LogP contribution is 2.20. The molecular formula is C11H10N6. The summed E-state index contributed by atoms with van der Waals surface area (Å²) in [6, 6.07) is 9.75. The first-order chi connectivity index (χ1) is 8.38. The SMILES string of the molecule is NNc1[nH]nc2nc(-c3ccccc3)ncc12. The Balaban J connectivity index is 2.15. The smallest absolute Gasteiger partial charge is 0.186 e. The highest BCUT2D eigenvalue weighted by molar-refractivity contribution is 5.86. The Morgan fingerprint density at radius 3 is 2.76 bits per heavy atom. The molecule has 0 spiro atoms. The molecule has 0 saturated carbocycles. The van der Waals surface area contributed by atoms with E-state index in [-0.39, 0.29) is 0 Å². The molecule has 0 radical (unpaired) electrons. The number of nitrogens with one attached hydrogen (secondary N) is 2. The first-order valence-corrected chi connectivity index (χ1v) is 5.11. The summed E-state index contributed by atoms with van der Waals surface area (Å²) in [4.78, 5) is 8.66. The van der Waals surface area contributed by atoms with Crippen LogP contribution in [0.2, 0.25) is 0 Å². The van der Waals surface area contributed by atoms with E-state index in [9.17, 15) is 0 Å². The first-order valence-electron chi connectivity index (χ1n) is 5.11. The van der Waals surface area contributed by atoms with Crippen LogP contribution < -0.4 is 11.3 Å². The van der Waals surface area contributed by atoms with Crippen LogP contribution in [0.25, 0.3) is 22.4 Å². The molecule has 0 saturated heterocycles. The number of hydrogen-bond acceptors (Lipinski definition) is 5. The van der Waals surface area contributed by atoms with E-state index in [1.54, 1.807) is 6.20 Å². The largest absolute Gasteiger partial charge is 0.308 e. The zero-order valence-electron chi connectivity index (χ0n) is 8.88. The number of nitrogens with zero attached hydrogens (tertiary/aromatic N) is 3. The second-order valence-electron chi connectivity index (χ2n) is 3.54. The van der Waals surface area contributed by atoms with Crippen LogP contribution in [-0.2, 0) is 0 Å². The van der Waals surface area contributed by atoms with Gasteiger partial charge in [-0.3, -0.25) is 5.10 Å². The topological polar surface area (TPSA) is 92.5 Å². The van der Waals surface area contributed by atoms with Crippen LogP contribution in [0.1, 0.15) is 0 Å². The third kappa shape index (κ3) is 1.60. The molecule has 1 aromatic carbocycles. The van der Waals surface area contributed by atoms with Gasteiger partial charge in [0, 0.05) is 11.8 Å². The number of H-pyrrole nitrogens is 1. The van der Waals surface area contributed by atoms with Crippen LogP contribution in [0, 0.1) is 0 Å². The van der Waals surface area contributed by atoms with E-state index >= 15 is 0 Å². The molecule has 84 valence electrons. The highest BCUT2D eigenvalue weighted by Gasteiger charge is 2.08. The molecule has 2 aromatic heterocycles. The number of fused-ring (bicyclic) bond motifs is 1. The van der Waals surface area contributed by atoms with Gasteiger partial charge < -0.3 is 5.43 Å². The summed E-state index contributed by atoms with van der Waals surface area (Å²) in [7, 11) is 0. The van der Waals surface area contributed by atoms with Gasteiger partial charge in [0.1, 0.15) is 5.82 Å². The lowest BCUT2D eigenvalue weighted by Gasteiger charge is -1.99. The lowest BCUT2D eigenvalue weighted by molar-refractivity contribution is 1.08. The Kier molecular flexibility index (Phi) is 2.20. The maximum atomic E-state index is 5.33. The molecule has 3 rings (SSSR count). The molecule has 4 N–H and O–H groups in total. The van der Waals surface area contributed by atoms with E-state index in [4.69, 9.17) is 5.84 Å². The molecule has 0 aliphatic carbocycles. The number of aromatic amines is 1. The molecule has 6 heteroatoms. The number of hydrazine groups is 1. The molecule has 6 nitrogen and oxygen atoms in total. The van der Waals surface area contributed by atoms with Crippen molar-refractivity contribution in [2.45, 2.75) is 0 Å². The number of nitrogen functional groups attached to an aromatic ring is 1. The molecule has 0 amide bonds. The zero-order chi connectivity index (χ0) is 11.7. The molecule has 0 bridgehead atoms. The molecule has 17 heavy (non-hydrogen) atoms. The van der Waals surface area contributed by atoms with E-state index in [1.807, 2.05) is 30.3 Å². The third-order valence-corrected chi connectivity index (χ3v) is 2.49. The standard InChI is InChI=1S/C11H10N6/c12-15-11-8-6-13-9(14-10(8)16-17-11)7-4-2-1-3-5-7/h1-6H,12H2,(H2,13,14,15,16,17). The normalized spacial score (nSPS) is 10.6. The van der Waals surface area contributed by atoms with Crippen molar-refractivity contribution < 1.29 is 0 Å². The predicted octanol–water partition coefficient (Wildman–Crippen LogP) is 1.31. The molecule has 0 aliphatic heterocycles. The number of benzene rings is 1. The molecular weight excluding hydrogens is 216 g/mol. The van der Waals surface area contributed by atoms with Gasteiger partial charge in [-0.2, -0.15) is 5.10 Å². The van der Waals surface area contributed by atoms with Crippen molar-refractivity contribution in [2.24, 2.45) is 5.84 Å². The monoisotopic (exact) mass is 226 g/mol. The van der Waals surface area contributed by atoms with Crippen LogP contribution in [-0.4, -0.2) is 20.2 Å². The van der Waals surface area contributed by atoms with Crippen molar-refractivity contribution in [1.82, 2.24) is 20.2 Å². The summed E-state index contributed by atoms with van der Waals surface area (Å²) < 4.78 is 0. The summed E-state index contributed by atoms with van der Waals surface area (Å²) in [6.45, 7) is 0. The molecule has 0 atom stereocenters. The molecule has 2 heterocycles. The maximum Gasteiger partial charge on any atom is 0.186 e. The Hall–Kier alpha value is -2.47. The van der Waals surface area contributed by atoms with Gasteiger partial charge in [0.25, 0.3) is 0 Å². The minimum atomic E-state index is 0.590. The summed E-state index contributed by atoms with van der Waals surface area (Å²) in [5.74, 6) is 6.59. The van der Waals surface area contributed by atoms with Crippen molar-refractivity contribution in [1.29, 1.82) is 0 Å². The van der Waals surface area contributed by atoms with E-state index < -0.39 is 0 Å². The van der Waals surface area contributed by atoms with Gasteiger partial charge in [-0.15, -0.1) is 0 Å². The van der Waals surface area contributed by atoms with E-state index in [0.717, 1.165) is 10.9 Å². The number of nitrogens with two attached hydrogens (primary N) is 1. The summed E-state index contributed by atoms with van der Waals surface area (Å²) in [5.41, 5.74) is 4.06. The molecule has 3 aromatic rings. The summed E-state index contributed by atoms with van der Waals surface area (Å²) >= 11 is 0. The van der Waals surface area contributed by atoms with Gasteiger partial charge in [0.2, 0.25) is 0 Å². The van der Waals surface area contributed by atoms with Gasteiger partial charge in [-0.05, 0) is 0 Å². The van der Waals surface area contributed by atoms with Gasteiger partial charge in [-0.1, -0.05) is 30.3 Å². The summed E-state index contributed by atoms with van der Waals surface area (Å²) in [5, 5.41) is 7.58. The van der Waals surface area contributed by atoms with Crippen molar-refractivity contribution >= 4 is 16.9 Å². The fourth-order valence-electron chi connectivity index (χ4n) is 1.64. The minimum Gasteiger partial charge on any atom is -0.308 e. The van der Waals surface area contributed by atoms with E-state index in [0.29, 0.717) is 17.3 Å². The number of rotatable bonds is 2. The lowest BCUT2D eigenvalue weighted by Crippen LogP contribution is -2.07. The van der Waals surface area contributed by atoms with Crippen LogP contribution in [0.4, 0.5) is 5.82 Å². The third-order valence-electron chi connectivity index (χ3n) is 2.49. The number of anilines is 1.